The third-order valence-electron chi connectivity index (χ3n) is 5.37. The van der Waals surface area contributed by atoms with Crippen molar-refractivity contribution in [3.8, 4) is 11.5 Å². The number of benzene rings is 2. The number of nitrogens with one attached hydrogen (secondary N) is 1. The van der Waals surface area contributed by atoms with Gasteiger partial charge in [-0.1, -0.05) is 6.07 Å². The van der Waals surface area contributed by atoms with E-state index in [2.05, 4.69) is 9.12 Å². The Bertz CT molecular complexity index is 1140. The summed E-state index contributed by atoms with van der Waals surface area (Å²) in [5.74, 6) is 0.154. The van der Waals surface area contributed by atoms with Gasteiger partial charge in [-0.15, -0.1) is 4.40 Å². The van der Waals surface area contributed by atoms with E-state index in [4.69, 9.17) is 10.5 Å². The Morgan fingerprint density at radius 1 is 1.32 bits per heavy atom. The molecule has 2 aliphatic rings. The van der Waals surface area contributed by atoms with Gasteiger partial charge in [0.1, 0.15) is 18.1 Å². The van der Waals surface area contributed by atoms with Crippen LogP contribution in [0, 0.1) is 6.92 Å². The second-order valence-electron chi connectivity index (χ2n) is 7.75. The number of piperidine rings is 1. The number of rotatable bonds is 4. The van der Waals surface area contributed by atoms with Gasteiger partial charge in [-0.05, 0) is 62.1 Å². The molecule has 0 radical (unpaired) electrons. The summed E-state index contributed by atoms with van der Waals surface area (Å²) < 4.78 is 35.4. The van der Waals surface area contributed by atoms with Gasteiger partial charge in [0.2, 0.25) is 0 Å². The zero-order valence-corrected chi connectivity index (χ0v) is 17.9. The molecule has 4 N–H and O–H groups in total. The van der Waals surface area contributed by atoms with Crippen LogP contribution < -0.4 is 15.2 Å². The van der Waals surface area contributed by atoms with Crippen LogP contribution in [0.25, 0.3) is 0 Å². The second-order valence-corrected chi connectivity index (χ2v) is 9.09. The lowest BCUT2D eigenvalue weighted by Crippen LogP contribution is -2.46. The van der Waals surface area contributed by atoms with Gasteiger partial charge in [0.25, 0.3) is 5.91 Å². The molecule has 4 rings (SSSR count). The Labute approximate surface area is 180 Å². The van der Waals surface area contributed by atoms with Crippen molar-refractivity contribution < 1.29 is 23.1 Å². The maximum absolute atomic E-state index is 13.1. The average Bonchev–Trinajstić information content (AvgIpc) is 2.70. The Morgan fingerprint density at radius 3 is 2.90 bits per heavy atom. The molecule has 1 atom stereocenters. The summed E-state index contributed by atoms with van der Waals surface area (Å²) in [5, 5.41) is 9.87. The number of carbonyl (C=O) groups excluding carboxylic acids is 1. The summed E-state index contributed by atoms with van der Waals surface area (Å²) in [4.78, 5) is 14.9. The topological polar surface area (TPSA) is 134 Å². The Morgan fingerprint density at radius 2 is 2.13 bits per heavy atom. The summed E-state index contributed by atoms with van der Waals surface area (Å²) in [5.41, 5.74) is 7.80. The van der Waals surface area contributed by atoms with Gasteiger partial charge < -0.3 is 20.5 Å². The Balaban J connectivity index is 1.55. The summed E-state index contributed by atoms with van der Waals surface area (Å²) in [7, 11) is -3.87. The van der Waals surface area contributed by atoms with Gasteiger partial charge in [0.15, 0.2) is 5.84 Å². The largest absolute Gasteiger partial charge is 0.508 e. The van der Waals surface area contributed by atoms with E-state index in [0.717, 1.165) is 24.8 Å². The Kier molecular flexibility index (Phi) is 5.48. The minimum Gasteiger partial charge on any atom is -0.508 e. The molecule has 2 heterocycles. The summed E-state index contributed by atoms with van der Waals surface area (Å²) in [6, 6.07) is 9.60. The summed E-state index contributed by atoms with van der Waals surface area (Å²) in [6.07, 6.45) is 2.63. The van der Waals surface area contributed by atoms with Crippen LogP contribution in [0.4, 0.5) is 5.69 Å². The van der Waals surface area contributed by atoms with Crippen LogP contribution in [-0.4, -0.2) is 49.4 Å². The van der Waals surface area contributed by atoms with E-state index >= 15 is 0 Å². The molecule has 2 aliphatic heterocycles. The minimum absolute atomic E-state index is 0.0567. The van der Waals surface area contributed by atoms with Crippen LogP contribution in [0.1, 0.15) is 40.7 Å². The van der Waals surface area contributed by atoms with Crippen LogP contribution in [0.15, 0.2) is 40.8 Å². The first-order chi connectivity index (χ1) is 14.7. The number of amidine groups is 1. The van der Waals surface area contributed by atoms with E-state index in [1.54, 1.807) is 35.2 Å². The number of nitrogens with two attached hydrogens (primary N) is 1. The number of amides is 1. The minimum atomic E-state index is -3.87. The lowest BCUT2D eigenvalue weighted by atomic mass is 10.0. The fourth-order valence-electron chi connectivity index (χ4n) is 4.02. The normalized spacial score (nSPS) is 19.7. The molecule has 164 valence electrons. The van der Waals surface area contributed by atoms with Gasteiger partial charge in [0.05, 0.1) is 17.3 Å². The van der Waals surface area contributed by atoms with Crippen molar-refractivity contribution in [1.82, 2.24) is 4.90 Å². The second kappa shape index (κ2) is 8.10. The van der Waals surface area contributed by atoms with Crippen molar-refractivity contribution in [3.05, 3.63) is 53.1 Å². The van der Waals surface area contributed by atoms with Crippen molar-refractivity contribution in [2.75, 3.05) is 17.9 Å². The first-order valence-corrected chi connectivity index (χ1v) is 11.4. The number of anilines is 1. The maximum atomic E-state index is 13.1. The number of phenolic OH excluding ortho intramolecular Hbond substituents is 1. The van der Waals surface area contributed by atoms with Gasteiger partial charge in [-0.25, -0.2) is 0 Å². The number of nitrogens with zero attached hydrogens (tertiary/aromatic N) is 2. The van der Waals surface area contributed by atoms with Crippen LogP contribution >= 0.6 is 0 Å². The predicted octanol–water partition coefficient (Wildman–Crippen LogP) is 2.15. The first kappa shape index (κ1) is 21.0. The molecular formula is C21H24N4O5S. The monoisotopic (exact) mass is 444 g/mol. The highest BCUT2D eigenvalue weighted by molar-refractivity contribution is 7.91. The highest BCUT2D eigenvalue weighted by atomic mass is 32.2. The summed E-state index contributed by atoms with van der Waals surface area (Å²) in [6.45, 7) is 2.64. The quantitative estimate of drug-likeness (QED) is 0.661. The lowest BCUT2D eigenvalue weighted by Gasteiger charge is -2.36. The van der Waals surface area contributed by atoms with E-state index in [9.17, 15) is 18.3 Å². The molecule has 1 fully saturated rings. The average molecular weight is 445 g/mol. The SMILES string of the molecule is Cc1cc(O)cc(C(=O)N2CCCC[C@@H]2COc2cccc3c2C(N)=NS(=O)(=O)N3)c1. The van der Waals surface area contributed by atoms with Crippen molar-refractivity contribution in [2.24, 2.45) is 10.1 Å². The van der Waals surface area contributed by atoms with Gasteiger partial charge in [-0.3, -0.25) is 9.52 Å². The lowest BCUT2D eigenvalue weighted by molar-refractivity contribution is 0.0528. The van der Waals surface area contributed by atoms with Crippen LogP contribution in [-0.2, 0) is 10.2 Å². The first-order valence-electron chi connectivity index (χ1n) is 9.99. The number of ether oxygens (including phenoxy) is 1. The zero-order chi connectivity index (χ0) is 22.2. The van der Waals surface area contributed by atoms with Crippen molar-refractivity contribution in [1.29, 1.82) is 0 Å². The number of carbonyl (C=O) groups is 1. The highest BCUT2D eigenvalue weighted by Gasteiger charge is 2.30. The molecule has 0 saturated carbocycles. The van der Waals surface area contributed by atoms with E-state index in [1.165, 1.54) is 6.07 Å². The fourth-order valence-corrected chi connectivity index (χ4v) is 4.86. The number of phenols is 1. The fraction of sp³-hybridized carbons (Fsp3) is 0.333. The number of aromatic hydroxyl groups is 1. The van der Waals surface area contributed by atoms with Gasteiger partial charge in [0, 0.05) is 12.1 Å². The molecule has 31 heavy (non-hydrogen) atoms. The molecule has 1 amide bonds. The predicted molar refractivity (Wildman–Crippen MR) is 117 cm³/mol. The molecule has 0 bridgehead atoms. The Hall–Kier alpha value is -3.27. The van der Waals surface area contributed by atoms with E-state index in [1.807, 2.05) is 6.92 Å². The standard InChI is InChI=1S/C21H24N4O5S/c1-13-9-14(11-16(26)10-13)21(27)25-8-3-2-5-15(25)12-30-18-7-4-6-17-19(18)20(22)24-31(28,29)23-17/h4,6-7,9-11,15,23,26H,2-3,5,8,12H2,1H3,(H2,22,24)/t15-/m1/s1. The van der Waals surface area contributed by atoms with E-state index in [-0.39, 0.29) is 30.1 Å². The van der Waals surface area contributed by atoms with Crippen molar-refractivity contribution >= 4 is 27.6 Å². The van der Waals surface area contributed by atoms with E-state index in [0.29, 0.717) is 29.1 Å². The van der Waals surface area contributed by atoms with Gasteiger partial charge >= 0.3 is 10.2 Å². The molecular weight excluding hydrogens is 420 g/mol. The number of hydrogen-bond acceptors (Lipinski definition) is 6. The van der Waals surface area contributed by atoms with Crippen LogP contribution in [0.5, 0.6) is 11.5 Å². The summed E-state index contributed by atoms with van der Waals surface area (Å²) >= 11 is 0. The van der Waals surface area contributed by atoms with Gasteiger partial charge in [-0.2, -0.15) is 8.42 Å². The van der Waals surface area contributed by atoms with Crippen LogP contribution in [0.3, 0.4) is 0 Å². The molecule has 0 spiro atoms. The molecule has 0 unspecified atom stereocenters. The molecule has 0 aromatic heterocycles. The molecule has 2 aromatic rings. The third-order valence-corrected chi connectivity index (χ3v) is 6.28. The number of hydrogen-bond donors (Lipinski definition) is 3. The maximum Gasteiger partial charge on any atom is 0.344 e. The van der Waals surface area contributed by atoms with Crippen molar-refractivity contribution in [3.63, 3.8) is 0 Å². The zero-order valence-electron chi connectivity index (χ0n) is 17.0. The van der Waals surface area contributed by atoms with Crippen molar-refractivity contribution in [2.45, 2.75) is 32.2 Å². The third kappa shape index (κ3) is 4.43. The molecule has 0 aliphatic carbocycles. The number of likely N-dealkylation sites (tertiary alicyclic amines) is 1. The van der Waals surface area contributed by atoms with Crippen LogP contribution in [0.2, 0.25) is 0 Å². The number of aryl methyl sites for hydroxylation is 1. The smallest absolute Gasteiger partial charge is 0.344 e. The highest BCUT2D eigenvalue weighted by Crippen LogP contribution is 2.31. The molecule has 1 saturated heterocycles. The molecule has 2 aromatic carbocycles. The molecule has 9 nitrogen and oxygen atoms in total. The molecule has 10 heteroatoms. The van der Waals surface area contributed by atoms with E-state index < -0.39 is 10.2 Å². The number of fused-ring (bicyclic) bond motifs is 1.